The van der Waals surface area contributed by atoms with Gasteiger partial charge in [0.2, 0.25) is 5.91 Å². The fourth-order valence-corrected chi connectivity index (χ4v) is 6.40. The second-order valence-corrected chi connectivity index (χ2v) is 11.2. The predicted octanol–water partition coefficient (Wildman–Crippen LogP) is 4.75. The monoisotopic (exact) mass is 479 g/mol. The first-order valence-electron chi connectivity index (χ1n) is 11.6. The van der Waals surface area contributed by atoms with Gasteiger partial charge in [0, 0.05) is 26.9 Å². The molecule has 3 aliphatic carbocycles. The number of thiophene rings is 1. The van der Waals surface area contributed by atoms with Gasteiger partial charge in [-0.05, 0) is 50.2 Å². The Morgan fingerprint density at radius 3 is 2.58 bits per heavy atom. The van der Waals surface area contributed by atoms with E-state index in [1.165, 1.54) is 23.3 Å². The number of halogens is 1. The molecule has 6 nitrogen and oxygen atoms in total. The number of hydrogen-bond acceptors (Lipinski definition) is 5. The molecule has 7 rings (SSSR count). The third-order valence-electron chi connectivity index (χ3n) is 7.08. The molecule has 1 aromatic carbocycles. The maximum absolute atomic E-state index is 11.9. The predicted molar refractivity (Wildman–Crippen MR) is 130 cm³/mol. The Bertz CT molecular complexity index is 1310. The molecule has 2 saturated carbocycles. The molecule has 33 heavy (non-hydrogen) atoms. The van der Waals surface area contributed by atoms with Crippen molar-refractivity contribution in [2.24, 2.45) is 22.6 Å². The van der Waals surface area contributed by atoms with Crippen molar-refractivity contribution in [2.45, 2.75) is 57.9 Å². The second kappa shape index (κ2) is 7.50. The van der Waals surface area contributed by atoms with Crippen LogP contribution in [0.1, 0.15) is 65.8 Å². The number of fused-ring (bicyclic) bond motifs is 6. The van der Waals surface area contributed by atoms with E-state index in [1.54, 1.807) is 11.3 Å². The van der Waals surface area contributed by atoms with E-state index in [-0.39, 0.29) is 17.4 Å². The summed E-state index contributed by atoms with van der Waals surface area (Å²) in [7, 11) is 0. The van der Waals surface area contributed by atoms with E-state index in [0.717, 1.165) is 52.2 Å². The molecular formula is C25H26ClN5OS. The highest BCUT2D eigenvalue weighted by molar-refractivity contribution is 7.15. The molecule has 2 fully saturated rings. The van der Waals surface area contributed by atoms with Crippen LogP contribution in [-0.2, 0) is 23.2 Å². The van der Waals surface area contributed by atoms with Crippen molar-refractivity contribution in [3.63, 3.8) is 0 Å². The quantitative estimate of drug-likeness (QED) is 0.575. The van der Waals surface area contributed by atoms with Crippen LogP contribution in [0, 0.1) is 18.8 Å². The SMILES string of the molecule is CC1CC1.Cc1nnc2n1-c1sc3c(c1C(c1ccccc1Cl)=NC21CC1)C[C@H](C(N)=O)C3. The summed E-state index contributed by atoms with van der Waals surface area (Å²) in [6.07, 6.45) is 6.18. The molecule has 0 unspecified atom stereocenters. The van der Waals surface area contributed by atoms with Crippen molar-refractivity contribution in [1.82, 2.24) is 14.8 Å². The maximum Gasteiger partial charge on any atom is 0.221 e. The van der Waals surface area contributed by atoms with E-state index in [1.807, 2.05) is 31.2 Å². The minimum absolute atomic E-state index is 0.159. The van der Waals surface area contributed by atoms with Gasteiger partial charge < -0.3 is 5.73 Å². The zero-order valence-electron chi connectivity index (χ0n) is 18.8. The number of amides is 1. The van der Waals surface area contributed by atoms with Crippen LogP contribution >= 0.6 is 22.9 Å². The van der Waals surface area contributed by atoms with Crippen molar-refractivity contribution >= 4 is 34.6 Å². The lowest BCUT2D eigenvalue weighted by Gasteiger charge is -2.12. The van der Waals surface area contributed by atoms with Crippen LogP contribution in [0.2, 0.25) is 5.02 Å². The van der Waals surface area contributed by atoms with E-state index in [4.69, 9.17) is 22.3 Å². The number of carbonyl (C=O) groups excluding carboxylic acids is 1. The summed E-state index contributed by atoms with van der Waals surface area (Å²) < 4.78 is 2.16. The Balaban J connectivity index is 0.000000469. The third-order valence-corrected chi connectivity index (χ3v) is 8.65. The summed E-state index contributed by atoms with van der Waals surface area (Å²) >= 11 is 8.32. The number of aliphatic imine (C=N–C) groups is 1. The van der Waals surface area contributed by atoms with Crippen LogP contribution in [0.15, 0.2) is 29.3 Å². The van der Waals surface area contributed by atoms with Gasteiger partial charge in [0.1, 0.15) is 16.4 Å². The number of nitrogens with zero attached hydrogens (tertiary/aromatic N) is 4. The molecule has 1 atom stereocenters. The summed E-state index contributed by atoms with van der Waals surface area (Å²) in [5, 5.41) is 10.6. The number of nitrogens with two attached hydrogens (primary N) is 1. The Labute approximate surface area is 201 Å². The van der Waals surface area contributed by atoms with Crippen LogP contribution in [0.4, 0.5) is 0 Å². The number of aryl methyl sites for hydroxylation is 1. The van der Waals surface area contributed by atoms with Gasteiger partial charge in [-0.25, -0.2) is 0 Å². The highest BCUT2D eigenvalue weighted by Crippen LogP contribution is 2.54. The molecule has 170 valence electrons. The van der Waals surface area contributed by atoms with Crippen LogP contribution in [-0.4, -0.2) is 26.4 Å². The molecule has 3 aromatic rings. The first kappa shape index (κ1) is 21.1. The van der Waals surface area contributed by atoms with Gasteiger partial charge in [-0.15, -0.1) is 21.5 Å². The number of primary amides is 1. The lowest BCUT2D eigenvalue weighted by Crippen LogP contribution is -2.23. The van der Waals surface area contributed by atoms with Crippen molar-refractivity contribution in [3.05, 3.63) is 62.5 Å². The summed E-state index contributed by atoms with van der Waals surface area (Å²) in [5.41, 5.74) is 9.35. The largest absolute Gasteiger partial charge is 0.369 e. The van der Waals surface area contributed by atoms with Gasteiger partial charge in [-0.2, -0.15) is 0 Å². The molecular weight excluding hydrogens is 454 g/mol. The summed E-state index contributed by atoms with van der Waals surface area (Å²) in [6, 6.07) is 7.83. The summed E-state index contributed by atoms with van der Waals surface area (Å²) in [4.78, 5) is 18.3. The smallest absolute Gasteiger partial charge is 0.221 e. The van der Waals surface area contributed by atoms with Crippen molar-refractivity contribution in [3.8, 4) is 5.00 Å². The van der Waals surface area contributed by atoms with Gasteiger partial charge in [0.25, 0.3) is 0 Å². The highest BCUT2D eigenvalue weighted by Gasteiger charge is 2.52. The molecule has 1 spiro atoms. The lowest BCUT2D eigenvalue weighted by molar-refractivity contribution is -0.121. The fourth-order valence-electron chi connectivity index (χ4n) is 4.72. The molecule has 0 radical (unpaired) electrons. The standard InChI is InChI=1S/C21H18ClN5OS.C4H8/c1-10-25-26-20-21(6-7-21)24-17(12-4-2-3-5-14(12)22)16-13-8-11(18(23)28)9-15(13)29-19(16)27(10)20;1-4-2-3-4/h2-5,11H,6-9H2,1H3,(H2,23,28);4H,2-3H2,1H3/t11-;/m0./s1. The fraction of sp³-hybridized carbons (Fsp3) is 0.440. The first-order chi connectivity index (χ1) is 15.9. The molecule has 8 heteroatoms. The Kier molecular flexibility index (Phi) is 4.79. The minimum atomic E-state index is -0.344. The number of aromatic nitrogens is 3. The molecule has 2 N–H and O–H groups in total. The van der Waals surface area contributed by atoms with Crippen molar-refractivity contribution in [1.29, 1.82) is 0 Å². The second-order valence-electron chi connectivity index (χ2n) is 9.75. The highest BCUT2D eigenvalue weighted by atomic mass is 35.5. The van der Waals surface area contributed by atoms with Crippen LogP contribution in [0.3, 0.4) is 0 Å². The average Bonchev–Trinajstić information content (AvgIpc) is 3.62. The van der Waals surface area contributed by atoms with E-state index in [0.29, 0.717) is 17.9 Å². The van der Waals surface area contributed by atoms with E-state index in [9.17, 15) is 4.79 Å². The van der Waals surface area contributed by atoms with E-state index in [2.05, 4.69) is 21.7 Å². The van der Waals surface area contributed by atoms with Gasteiger partial charge in [-0.1, -0.05) is 49.6 Å². The zero-order chi connectivity index (χ0) is 22.9. The number of benzene rings is 1. The Morgan fingerprint density at radius 2 is 1.94 bits per heavy atom. The minimum Gasteiger partial charge on any atom is -0.369 e. The molecule has 2 aromatic heterocycles. The Morgan fingerprint density at radius 1 is 1.21 bits per heavy atom. The van der Waals surface area contributed by atoms with Gasteiger partial charge in [-0.3, -0.25) is 14.4 Å². The number of carbonyl (C=O) groups is 1. The number of hydrogen-bond donors (Lipinski definition) is 1. The lowest BCUT2D eigenvalue weighted by atomic mass is 9.97. The molecule has 3 heterocycles. The first-order valence-corrected chi connectivity index (χ1v) is 12.8. The molecule has 1 aliphatic heterocycles. The van der Waals surface area contributed by atoms with Crippen LogP contribution < -0.4 is 5.73 Å². The van der Waals surface area contributed by atoms with Crippen LogP contribution in [0.25, 0.3) is 5.00 Å². The van der Waals surface area contributed by atoms with Crippen molar-refractivity contribution in [2.75, 3.05) is 0 Å². The summed E-state index contributed by atoms with van der Waals surface area (Å²) in [6.45, 7) is 4.26. The zero-order valence-corrected chi connectivity index (χ0v) is 20.3. The number of rotatable bonds is 2. The van der Waals surface area contributed by atoms with Gasteiger partial charge in [0.05, 0.1) is 5.71 Å². The molecule has 1 amide bonds. The van der Waals surface area contributed by atoms with E-state index < -0.39 is 0 Å². The molecule has 0 bridgehead atoms. The maximum atomic E-state index is 11.9. The van der Waals surface area contributed by atoms with Crippen molar-refractivity contribution < 1.29 is 4.79 Å². The third kappa shape index (κ3) is 3.44. The van der Waals surface area contributed by atoms with Gasteiger partial charge in [0.15, 0.2) is 5.82 Å². The summed E-state index contributed by atoms with van der Waals surface area (Å²) in [5.74, 6) is 2.44. The van der Waals surface area contributed by atoms with E-state index >= 15 is 0 Å². The van der Waals surface area contributed by atoms with Crippen LogP contribution in [0.5, 0.6) is 0 Å². The normalized spacial score (nSPS) is 21.3. The molecule has 4 aliphatic rings. The topological polar surface area (TPSA) is 86.2 Å². The van der Waals surface area contributed by atoms with Gasteiger partial charge >= 0.3 is 0 Å². The Hall–Kier alpha value is -2.51. The average molecular weight is 480 g/mol. The molecule has 0 saturated heterocycles.